The summed E-state index contributed by atoms with van der Waals surface area (Å²) in [5.74, 6) is -0.351. The van der Waals surface area contributed by atoms with Crippen molar-refractivity contribution in [1.82, 2.24) is 10.6 Å². The molecule has 2 amide bonds. The largest absolute Gasteiger partial charge is 0.352 e. The molecule has 0 aliphatic heterocycles. The van der Waals surface area contributed by atoms with Gasteiger partial charge in [-0.15, -0.1) is 11.3 Å². The van der Waals surface area contributed by atoms with E-state index >= 15 is 0 Å². The van der Waals surface area contributed by atoms with Crippen LogP contribution in [0.25, 0.3) is 0 Å². The maximum absolute atomic E-state index is 11.8. The van der Waals surface area contributed by atoms with Crippen LogP contribution >= 0.6 is 34.5 Å². The van der Waals surface area contributed by atoms with E-state index in [0.29, 0.717) is 21.5 Å². The lowest BCUT2D eigenvalue weighted by Gasteiger charge is -2.06. The highest BCUT2D eigenvalue weighted by Gasteiger charge is 2.07. The Labute approximate surface area is 142 Å². The summed E-state index contributed by atoms with van der Waals surface area (Å²) in [4.78, 5) is 24.5. The number of thiophene rings is 1. The topological polar surface area (TPSA) is 58.2 Å². The number of carbonyl (C=O) groups is 2. The third kappa shape index (κ3) is 5.33. The fourth-order valence-corrected chi connectivity index (χ4v) is 2.87. The number of hydrogen-bond donors (Lipinski definition) is 2. The van der Waals surface area contributed by atoms with Crippen molar-refractivity contribution in [2.24, 2.45) is 0 Å². The second kappa shape index (κ2) is 8.17. The number of amides is 2. The number of halogens is 2. The maximum atomic E-state index is 11.8. The number of benzene rings is 1. The predicted octanol–water partition coefficient (Wildman–Crippen LogP) is 3.49. The molecule has 0 bridgehead atoms. The number of hydrogen-bond acceptors (Lipinski definition) is 3. The molecular weight excluding hydrogens is 343 g/mol. The van der Waals surface area contributed by atoms with Crippen LogP contribution in [-0.2, 0) is 11.3 Å². The minimum Gasteiger partial charge on any atom is -0.352 e. The summed E-state index contributed by atoms with van der Waals surface area (Å²) in [5.41, 5.74) is 0.512. The van der Waals surface area contributed by atoms with E-state index in [1.807, 2.05) is 6.07 Å². The maximum Gasteiger partial charge on any atom is 0.251 e. The Hall–Kier alpha value is -1.56. The fourth-order valence-electron chi connectivity index (χ4n) is 1.71. The van der Waals surface area contributed by atoms with Gasteiger partial charge in [-0.1, -0.05) is 23.2 Å². The Kier molecular flexibility index (Phi) is 6.24. The molecule has 4 nitrogen and oxygen atoms in total. The molecule has 1 aromatic carbocycles. The smallest absolute Gasteiger partial charge is 0.251 e. The molecule has 0 spiro atoms. The van der Waals surface area contributed by atoms with E-state index in [9.17, 15) is 9.59 Å². The van der Waals surface area contributed by atoms with Crippen molar-refractivity contribution in [2.75, 3.05) is 6.54 Å². The summed E-state index contributed by atoms with van der Waals surface area (Å²) in [6, 6.07) is 10.2. The van der Waals surface area contributed by atoms with E-state index < -0.39 is 0 Å². The SMILES string of the molecule is O=C(CCNC(=O)c1ccc(Cl)cc1)NCc1ccc(Cl)s1. The lowest BCUT2D eigenvalue weighted by atomic mass is 10.2. The van der Waals surface area contributed by atoms with Gasteiger partial charge >= 0.3 is 0 Å². The Morgan fingerprint density at radius 2 is 1.73 bits per heavy atom. The quantitative estimate of drug-likeness (QED) is 0.832. The van der Waals surface area contributed by atoms with E-state index in [0.717, 1.165) is 4.88 Å². The molecule has 2 aromatic rings. The molecule has 0 saturated carbocycles. The lowest BCUT2D eigenvalue weighted by Crippen LogP contribution is -2.30. The first kappa shape index (κ1) is 16.8. The van der Waals surface area contributed by atoms with Crippen LogP contribution < -0.4 is 10.6 Å². The van der Waals surface area contributed by atoms with Gasteiger partial charge in [0.2, 0.25) is 5.91 Å². The van der Waals surface area contributed by atoms with Gasteiger partial charge in [0, 0.05) is 28.4 Å². The van der Waals surface area contributed by atoms with Crippen LogP contribution in [0.15, 0.2) is 36.4 Å². The van der Waals surface area contributed by atoms with Crippen LogP contribution in [0.3, 0.4) is 0 Å². The third-order valence-electron chi connectivity index (χ3n) is 2.83. The molecule has 0 aliphatic carbocycles. The van der Waals surface area contributed by atoms with Gasteiger partial charge in [0.05, 0.1) is 10.9 Å². The van der Waals surface area contributed by atoms with Crippen LogP contribution in [-0.4, -0.2) is 18.4 Å². The van der Waals surface area contributed by atoms with E-state index in [4.69, 9.17) is 23.2 Å². The van der Waals surface area contributed by atoms with Gasteiger partial charge in [-0.2, -0.15) is 0 Å². The monoisotopic (exact) mass is 356 g/mol. The molecule has 22 heavy (non-hydrogen) atoms. The van der Waals surface area contributed by atoms with E-state index in [1.165, 1.54) is 11.3 Å². The minimum absolute atomic E-state index is 0.124. The molecule has 2 rings (SSSR count). The Morgan fingerprint density at radius 3 is 2.36 bits per heavy atom. The molecule has 0 unspecified atom stereocenters. The van der Waals surface area contributed by atoms with Gasteiger partial charge in [0.1, 0.15) is 0 Å². The summed E-state index contributed by atoms with van der Waals surface area (Å²) < 4.78 is 0.694. The first-order valence-corrected chi connectivity index (χ1v) is 8.16. The zero-order valence-electron chi connectivity index (χ0n) is 11.6. The predicted molar refractivity (Wildman–Crippen MR) is 89.6 cm³/mol. The van der Waals surface area contributed by atoms with Crippen molar-refractivity contribution in [1.29, 1.82) is 0 Å². The second-order valence-corrected chi connectivity index (χ2v) is 6.73. The van der Waals surface area contributed by atoms with Crippen LogP contribution in [0.4, 0.5) is 0 Å². The highest BCUT2D eigenvalue weighted by atomic mass is 35.5. The van der Waals surface area contributed by atoms with E-state index in [2.05, 4.69) is 10.6 Å². The third-order valence-corrected chi connectivity index (χ3v) is 4.32. The molecule has 116 valence electrons. The van der Waals surface area contributed by atoms with Gasteiger partial charge in [0.25, 0.3) is 5.91 Å². The Balaban J connectivity index is 1.68. The van der Waals surface area contributed by atoms with Crippen molar-refractivity contribution in [3.05, 3.63) is 56.2 Å². The van der Waals surface area contributed by atoms with Crippen molar-refractivity contribution in [3.8, 4) is 0 Å². The van der Waals surface area contributed by atoms with Crippen LogP contribution in [0, 0.1) is 0 Å². The van der Waals surface area contributed by atoms with Crippen LogP contribution in [0.5, 0.6) is 0 Å². The zero-order valence-corrected chi connectivity index (χ0v) is 13.9. The van der Waals surface area contributed by atoms with Gasteiger partial charge in [0.15, 0.2) is 0 Å². The van der Waals surface area contributed by atoms with Gasteiger partial charge < -0.3 is 10.6 Å². The van der Waals surface area contributed by atoms with E-state index in [-0.39, 0.29) is 24.8 Å². The van der Waals surface area contributed by atoms with Crippen molar-refractivity contribution < 1.29 is 9.59 Å². The summed E-state index contributed by atoms with van der Waals surface area (Å²) in [7, 11) is 0. The van der Waals surface area contributed by atoms with E-state index in [1.54, 1.807) is 30.3 Å². The molecule has 1 heterocycles. The minimum atomic E-state index is -0.227. The first-order valence-electron chi connectivity index (χ1n) is 6.59. The summed E-state index contributed by atoms with van der Waals surface area (Å²) >= 11 is 13.0. The zero-order chi connectivity index (χ0) is 15.9. The van der Waals surface area contributed by atoms with Crippen molar-refractivity contribution >= 4 is 46.4 Å². The molecule has 0 saturated heterocycles. The molecule has 0 aliphatic rings. The van der Waals surface area contributed by atoms with Crippen molar-refractivity contribution in [3.63, 3.8) is 0 Å². The molecule has 7 heteroatoms. The number of nitrogens with one attached hydrogen (secondary N) is 2. The molecule has 0 atom stereocenters. The van der Waals surface area contributed by atoms with Gasteiger partial charge in [-0.3, -0.25) is 9.59 Å². The van der Waals surface area contributed by atoms with Crippen LogP contribution in [0.2, 0.25) is 9.36 Å². The molecule has 1 aromatic heterocycles. The molecule has 2 N–H and O–H groups in total. The standard InChI is InChI=1S/C15H14Cl2N2O2S/c16-11-3-1-10(2-4-11)15(21)18-8-7-14(20)19-9-12-5-6-13(17)22-12/h1-6H,7-9H2,(H,18,21)(H,19,20). The fraction of sp³-hybridized carbons (Fsp3) is 0.200. The van der Waals surface area contributed by atoms with Crippen molar-refractivity contribution in [2.45, 2.75) is 13.0 Å². The van der Waals surface area contributed by atoms with Gasteiger partial charge in [-0.05, 0) is 36.4 Å². The van der Waals surface area contributed by atoms with Crippen LogP contribution in [0.1, 0.15) is 21.7 Å². The molecular formula is C15H14Cl2N2O2S. The highest BCUT2D eigenvalue weighted by molar-refractivity contribution is 7.16. The van der Waals surface area contributed by atoms with Gasteiger partial charge in [-0.25, -0.2) is 0 Å². The Bertz CT molecular complexity index is 656. The summed E-state index contributed by atoms with van der Waals surface area (Å²) in [5, 5.41) is 6.04. The lowest BCUT2D eigenvalue weighted by molar-refractivity contribution is -0.121. The average Bonchev–Trinajstić information content (AvgIpc) is 2.91. The molecule has 0 radical (unpaired) electrons. The number of carbonyl (C=O) groups excluding carboxylic acids is 2. The summed E-state index contributed by atoms with van der Waals surface area (Å²) in [6.45, 7) is 0.722. The summed E-state index contributed by atoms with van der Waals surface area (Å²) in [6.07, 6.45) is 0.221. The second-order valence-electron chi connectivity index (χ2n) is 4.50. The normalized spacial score (nSPS) is 10.3. The Morgan fingerprint density at radius 1 is 1.00 bits per heavy atom. The average molecular weight is 357 g/mol. The molecule has 0 fully saturated rings. The highest BCUT2D eigenvalue weighted by Crippen LogP contribution is 2.20. The first-order chi connectivity index (χ1) is 10.5. The number of rotatable bonds is 6.